The lowest BCUT2D eigenvalue weighted by Gasteiger charge is -2.12. The number of carbonyl (C=O) groups is 1. The molecule has 6 nitrogen and oxygen atoms in total. The predicted molar refractivity (Wildman–Crippen MR) is 103 cm³/mol. The summed E-state index contributed by atoms with van der Waals surface area (Å²) in [5.41, 5.74) is 1.31. The minimum absolute atomic E-state index is 0.140. The zero-order chi connectivity index (χ0) is 18.8. The van der Waals surface area contributed by atoms with Gasteiger partial charge in [0.25, 0.3) is 5.56 Å². The smallest absolute Gasteiger partial charge is 0.261 e. The second kappa shape index (κ2) is 7.07. The maximum Gasteiger partial charge on any atom is 0.261 e. The van der Waals surface area contributed by atoms with Crippen LogP contribution in [0.25, 0.3) is 21.9 Å². The Hall–Kier alpha value is -3.41. The van der Waals surface area contributed by atoms with Crippen LogP contribution in [0.4, 0.5) is 0 Å². The highest BCUT2D eigenvalue weighted by Gasteiger charge is 2.14. The van der Waals surface area contributed by atoms with Gasteiger partial charge in [-0.3, -0.25) is 14.2 Å². The molecule has 0 aliphatic heterocycles. The Morgan fingerprint density at radius 1 is 1.19 bits per heavy atom. The Bertz CT molecular complexity index is 1140. The molecule has 2 aromatic carbocycles. The first-order valence-electron chi connectivity index (χ1n) is 8.84. The number of furan rings is 1. The first kappa shape index (κ1) is 17.0. The molecule has 0 spiro atoms. The molecule has 1 atom stereocenters. The van der Waals surface area contributed by atoms with Crippen molar-refractivity contribution in [2.24, 2.45) is 0 Å². The molecular weight excluding hydrogens is 342 g/mol. The van der Waals surface area contributed by atoms with Gasteiger partial charge >= 0.3 is 0 Å². The Labute approximate surface area is 155 Å². The minimum Gasteiger partial charge on any atom is -0.459 e. The molecule has 136 valence electrons. The average Bonchev–Trinajstić information content (AvgIpc) is 3.12. The molecule has 4 rings (SSSR count). The summed E-state index contributed by atoms with van der Waals surface area (Å²) in [6.45, 7) is 2.15. The van der Waals surface area contributed by atoms with Crippen LogP contribution in [0.3, 0.4) is 0 Å². The van der Waals surface area contributed by atoms with Crippen LogP contribution < -0.4 is 10.9 Å². The molecule has 2 heterocycles. The number of amides is 1. The second-order valence-corrected chi connectivity index (χ2v) is 6.49. The standard InChI is InChI=1S/C21H19N3O3/c1-14(19-12-15-6-2-5-9-18(15)27-19)23-20(25)10-11-24-13-22-17-8-4-3-7-16(17)21(24)26/h2-9,12-14H,10-11H2,1H3,(H,23,25). The van der Waals surface area contributed by atoms with E-state index in [9.17, 15) is 9.59 Å². The molecule has 2 aromatic heterocycles. The van der Waals surface area contributed by atoms with E-state index >= 15 is 0 Å². The normalized spacial score (nSPS) is 12.3. The molecule has 0 radical (unpaired) electrons. The number of benzene rings is 2. The molecule has 6 heteroatoms. The summed E-state index contributed by atoms with van der Waals surface area (Å²) in [6.07, 6.45) is 1.67. The second-order valence-electron chi connectivity index (χ2n) is 6.49. The maximum absolute atomic E-state index is 12.5. The van der Waals surface area contributed by atoms with Crippen LogP contribution in [0.5, 0.6) is 0 Å². The third kappa shape index (κ3) is 3.46. The number of carbonyl (C=O) groups excluding carboxylic acids is 1. The molecule has 0 bridgehead atoms. The monoisotopic (exact) mass is 361 g/mol. The van der Waals surface area contributed by atoms with E-state index in [0.717, 1.165) is 11.0 Å². The molecule has 1 unspecified atom stereocenters. The van der Waals surface area contributed by atoms with Crippen LogP contribution in [-0.4, -0.2) is 15.5 Å². The molecule has 0 aliphatic carbocycles. The number of hydrogen-bond donors (Lipinski definition) is 1. The van der Waals surface area contributed by atoms with Crippen molar-refractivity contribution in [2.45, 2.75) is 25.9 Å². The number of fused-ring (bicyclic) bond motifs is 2. The summed E-state index contributed by atoms with van der Waals surface area (Å²) in [5.74, 6) is 0.553. The van der Waals surface area contributed by atoms with Crippen molar-refractivity contribution in [1.29, 1.82) is 0 Å². The van der Waals surface area contributed by atoms with Gasteiger partial charge in [0.15, 0.2) is 0 Å². The van der Waals surface area contributed by atoms with E-state index in [1.54, 1.807) is 18.2 Å². The molecule has 1 N–H and O–H groups in total. The number of nitrogens with one attached hydrogen (secondary N) is 1. The van der Waals surface area contributed by atoms with E-state index in [2.05, 4.69) is 10.3 Å². The van der Waals surface area contributed by atoms with E-state index in [4.69, 9.17) is 4.42 Å². The number of aromatic nitrogens is 2. The third-order valence-corrected chi connectivity index (χ3v) is 4.56. The highest BCUT2D eigenvalue weighted by atomic mass is 16.3. The number of para-hydroxylation sites is 2. The van der Waals surface area contributed by atoms with Gasteiger partial charge in [-0.2, -0.15) is 0 Å². The van der Waals surface area contributed by atoms with Crippen LogP contribution in [-0.2, 0) is 11.3 Å². The van der Waals surface area contributed by atoms with Gasteiger partial charge in [-0.05, 0) is 31.2 Å². The summed E-state index contributed by atoms with van der Waals surface area (Å²) >= 11 is 0. The zero-order valence-electron chi connectivity index (χ0n) is 14.9. The molecular formula is C21H19N3O3. The van der Waals surface area contributed by atoms with Gasteiger partial charge in [-0.15, -0.1) is 0 Å². The third-order valence-electron chi connectivity index (χ3n) is 4.56. The zero-order valence-corrected chi connectivity index (χ0v) is 14.9. The summed E-state index contributed by atoms with van der Waals surface area (Å²) in [6, 6.07) is 16.6. The van der Waals surface area contributed by atoms with Crippen LogP contribution in [0.15, 0.2) is 70.1 Å². The molecule has 0 saturated heterocycles. The van der Waals surface area contributed by atoms with E-state index in [1.165, 1.54) is 10.9 Å². The van der Waals surface area contributed by atoms with Crippen LogP contribution in [0.2, 0.25) is 0 Å². The van der Waals surface area contributed by atoms with Crippen molar-refractivity contribution < 1.29 is 9.21 Å². The summed E-state index contributed by atoms with van der Waals surface area (Å²) < 4.78 is 7.25. The Morgan fingerprint density at radius 2 is 1.96 bits per heavy atom. The number of nitrogens with zero attached hydrogens (tertiary/aromatic N) is 2. The van der Waals surface area contributed by atoms with Gasteiger partial charge in [0, 0.05) is 18.4 Å². The lowest BCUT2D eigenvalue weighted by atomic mass is 10.2. The summed E-state index contributed by atoms with van der Waals surface area (Å²) in [7, 11) is 0. The minimum atomic E-state index is -0.253. The number of hydrogen-bond acceptors (Lipinski definition) is 4. The van der Waals surface area contributed by atoms with Gasteiger partial charge in [-0.25, -0.2) is 4.98 Å². The van der Waals surface area contributed by atoms with Gasteiger partial charge in [0.05, 0.1) is 23.3 Å². The lowest BCUT2D eigenvalue weighted by molar-refractivity contribution is -0.122. The number of aryl methyl sites for hydroxylation is 1. The summed E-state index contributed by atoms with van der Waals surface area (Å²) in [4.78, 5) is 29.0. The largest absolute Gasteiger partial charge is 0.459 e. The Morgan fingerprint density at radius 3 is 2.81 bits per heavy atom. The van der Waals surface area contributed by atoms with Crippen molar-refractivity contribution >= 4 is 27.8 Å². The first-order valence-corrected chi connectivity index (χ1v) is 8.84. The van der Waals surface area contributed by atoms with Crippen molar-refractivity contribution in [3.8, 4) is 0 Å². The van der Waals surface area contributed by atoms with E-state index < -0.39 is 0 Å². The predicted octanol–water partition coefficient (Wildman–Crippen LogP) is 3.41. The molecule has 4 aromatic rings. The Balaban J connectivity index is 1.42. The van der Waals surface area contributed by atoms with E-state index in [1.807, 2.05) is 43.3 Å². The van der Waals surface area contributed by atoms with Crippen LogP contribution >= 0.6 is 0 Å². The van der Waals surface area contributed by atoms with Crippen LogP contribution in [0.1, 0.15) is 25.1 Å². The molecule has 0 aliphatic rings. The summed E-state index contributed by atoms with van der Waals surface area (Å²) in [5, 5.41) is 4.47. The van der Waals surface area contributed by atoms with Crippen molar-refractivity contribution in [3.05, 3.63) is 77.0 Å². The molecule has 1 amide bonds. The van der Waals surface area contributed by atoms with Crippen molar-refractivity contribution in [3.63, 3.8) is 0 Å². The topological polar surface area (TPSA) is 77.1 Å². The highest BCUT2D eigenvalue weighted by molar-refractivity contribution is 5.79. The SMILES string of the molecule is CC(NC(=O)CCn1cnc2ccccc2c1=O)c1cc2ccccc2o1. The lowest BCUT2D eigenvalue weighted by Crippen LogP contribution is -2.29. The van der Waals surface area contributed by atoms with E-state index in [-0.39, 0.29) is 30.5 Å². The van der Waals surface area contributed by atoms with Crippen molar-refractivity contribution in [2.75, 3.05) is 0 Å². The quantitative estimate of drug-likeness (QED) is 0.591. The Kier molecular flexibility index (Phi) is 4.46. The fraction of sp³-hybridized carbons (Fsp3) is 0.190. The highest BCUT2D eigenvalue weighted by Crippen LogP contribution is 2.23. The average molecular weight is 361 g/mol. The number of rotatable bonds is 5. The van der Waals surface area contributed by atoms with Gasteiger partial charge in [-0.1, -0.05) is 30.3 Å². The van der Waals surface area contributed by atoms with Gasteiger partial charge in [0.1, 0.15) is 11.3 Å². The first-order chi connectivity index (χ1) is 13.1. The van der Waals surface area contributed by atoms with Crippen LogP contribution in [0, 0.1) is 0 Å². The molecule has 0 fully saturated rings. The molecule has 0 saturated carbocycles. The van der Waals surface area contributed by atoms with E-state index in [0.29, 0.717) is 16.7 Å². The van der Waals surface area contributed by atoms with Gasteiger partial charge < -0.3 is 9.73 Å². The maximum atomic E-state index is 12.5. The molecule has 27 heavy (non-hydrogen) atoms. The fourth-order valence-corrected chi connectivity index (χ4v) is 3.09. The fourth-order valence-electron chi connectivity index (χ4n) is 3.09. The van der Waals surface area contributed by atoms with Crippen molar-refractivity contribution in [1.82, 2.24) is 14.9 Å². The van der Waals surface area contributed by atoms with Gasteiger partial charge in [0.2, 0.25) is 5.91 Å².